The van der Waals surface area contributed by atoms with Gasteiger partial charge in [0.05, 0.1) is 0 Å². The van der Waals surface area contributed by atoms with E-state index in [0.717, 1.165) is 43.9 Å². The summed E-state index contributed by atoms with van der Waals surface area (Å²) in [5.74, 6) is 0.372. The first kappa shape index (κ1) is 13.1. The van der Waals surface area contributed by atoms with Gasteiger partial charge in [0, 0.05) is 44.7 Å². The van der Waals surface area contributed by atoms with Gasteiger partial charge in [-0.15, -0.1) is 0 Å². The normalized spacial score (nSPS) is 16.7. The molecule has 1 heterocycles. The lowest BCUT2D eigenvalue weighted by atomic mass is 10.0. The lowest BCUT2D eigenvalue weighted by Crippen LogP contribution is -2.44. The lowest BCUT2D eigenvalue weighted by molar-refractivity contribution is 0.0960. The molecule has 0 atom stereocenters. The van der Waals surface area contributed by atoms with Crippen LogP contribution < -0.4 is 5.32 Å². The molecule has 1 fully saturated rings. The lowest BCUT2D eigenvalue weighted by Gasteiger charge is -2.26. The van der Waals surface area contributed by atoms with Crippen LogP contribution in [-0.4, -0.2) is 48.5 Å². The minimum Gasteiger partial charge on any atom is -0.508 e. The van der Waals surface area contributed by atoms with Gasteiger partial charge in [-0.2, -0.15) is 0 Å². The summed E-state index contributed by atoms with van der Waals surface area (Å²) in [6.07, 6.45) is 0.547. The van der Waals surface area contributed by atoms with Crippen LogP contribution in [0.3, 0.4) is 0 Å². The molecule has 0 amide bonds. The van der Waals surface area contributed by atoms with E-state index in [4.69, 9.17) is 0 Å². The highest BCUT2D eigenvalue weighted by molar-refractivity contribution is 5.97. The van der Waals surface area contributed by atoms with Gasteiger partial charge in [0.15, 0.2) is 5.78 Å². The van der Waals surface area contributed by atoms with Gasteiger partial charge in [0.25, 0.3) is 0 Å². The van der Waals surface area contributed by atoms with Crippen molar-refractivity contribution in [3.63, 3.8) is 0 Å². The summed E-state index contributed by atoms with van der Waals surface area (Å²) < 4.78 is 0. The average Bonchev–Trinajstić information content (AvgIpc) is 2.37. The maximum Gasteiger partial charge on any atom is 0.164 e. The van der Waals surface area contributed by atoms with Crippen LogP contribution in [0.1, 0.15) is 22.3 Å². The quantitative estimate of drug-likeness (QED) is 0.786. The second-order valence-corrected chi connectivity index (χ2v) is 4.76. The van der Waals surface area contributed by atoms with E-state index >= 15 is 0 Å². The summed E-state index contributed by atoms with van der Waals surface area (Å²) in [5.41, 5.74) is 1.57. The Morgan fingerprint density at radius 3 is 2.78 bits per heavy atom. The average molecular weight is 248 g/mol. The number of Topliss-reactive ketones (excluding diaryl/α,β-unsaturated/α-hetero) is 1. The molecule has 1 aromatic rings. The number of nitrogens with one attached hydrogen (secondary N) is 1. The molecule has 1 aromatic carbocycles. The van der Waals surface area contributed by atoms with Crippen LogP contribution >= 0.6 is 0 Å². The number of hydrogen-bond acceptors (Lipinski definition) is 4. The summed E-state index contributed by atoms with van der Waals surface area (Å²) in [6, 6.07) is 4.92. The van der Waals surface area contributed by atoms with Gasteiger partial charge in [-0.05, 0) is 30.7 Å². The zero-order chi connectivity index (χ0) is 13.0. The topological polar surface area (TPSA) is 52.6 Å². The molecule has 1 aliphatic heterocycles. The van der Waals surface area contributed by atoms with Crippen molar-refractivity contribution in [2.75, 3.05) is 32.7 Å². The highest BCUT2D eigenvalue weighted by Crippen LogP contribution is 2.17. The summed E-state index contributed by atoms with van der Waals surface area (Å²) >= 11 is 0. The summed E-state index contributed by atoms with van der Waals surface area (Å²) in [7, 11) is 0. The number of piperazine rings is 1. The second kappa shape index (κ2) is 5.98. The SMILES string of the molecule is Cc1cc(O)ccc1C(=O)CCN1CCNCC1. The fourth-order valence-corrected chi connectivity index (χ4v) is 2.29. The Morgan fingerprint density at radius 1 is 1.39 bits per heavy atom. The fourth-order valence-electron chi connectivity index (χ4n) is 2.29. The molecule has 98 valence electrons. The second-order valence-electron chi connectivity index (χ2n) is 4.76. The highest BCUT2D eigenvalue weighted by Gasteiger charge is 2.13. The number of benzene rings is 1. The first-order valence-electron chi connectivity index (χ1n) is 6.43. The number of rotatable bonds is 4. The van der Waals surface area contributed by atoms with Crippen molar-refractivity contribution in [2.24, 2.45) is 0 Å². The summed E-state index contributed by atoms with van der Waals surface area (Å²) in [6.45, 7) is 6.72. The van der Waals surface area contributed by atoms with Crippen molar-refractivity contribution < 1.29 is 9.90 Å². The number of ketones is 1. The van der Waals surface area contributed by atoms with Crippen molar-refractivity contribution in [3.05, 3.63) is 29.3 Å². The minimum absolute atomic E-state index is 0.158. The van der Waals surface area contributed by atoms with Crippen molar-refractivity contribution in [1.82, 2.24) is 10.2 Å². The maximum absolute atomic E-state index is 12.1. The molecule has 0 aliphatic carbocycles. The van der Waals surface area contributed by atoms with E-state index < -0.39 is 0 Å². The van der Waals surface area contributed by atoms with Crippen LogP contribution in [0, 0.1) is 6.92 Å². The molecular formula is C14H20N2O2. The Morgan fingerprint density at radius 2 is 2.11 bits per heavy atom. The Kier molecular flexibility index (Phi) is 4.33. The third kappa shape index (κ3) is 3.31. The van der Waals surface area contributed by atoms with Gasteiger partial charge in [0.1, 0.15) is 5.75 Å². The summed E-state index contributed by atoms with van der Waals surface area (Å²) in [5, 5.41) is 12.6. The first-order valence-corrected chi connectivity index (χ1v) is 6.43. The molecule has 2 rings (SSSR count). The van der Waals surface area contributed by atoms with Gasteiger partial charge in [-0.25, -0.2) is 0 Å². The van der Waals surface area contributed by atoms with Crippen LogP contribution in [0.15, 0.2) is 18.2 Å². The molecule has 0 spiro atoms. The number of carbonyl (C=O) groups excluding carboxylic acids is 1. The van der Waals surface area contributed by atoms with Gasteiger partial charge in [0.2, 0.25) is 0 Å². The molecule has 1 aliphatic rings. The Labute approximate surface area is 108 Å². The molecule has 0 bridgehead atoms. The van der Waals surface area contributed by atoms with E-state index in [1.54, 1.807) is 18.2 Å². The molecule has 18 heavy (non-hydrogen) atoms. The highest BCUT2D eigenvalue weighted by atomic mass is 16.3. The maximum atomic E-state index is 12.1. The van der Waals surface area contributed by atoms with Crippen LogP contribution in [0.2, 0.25) is 0 Å². The number of carbonyl (C=O) groups is 1. The van der Waals surface area contributed by atoms with Crippen molar-refractivity contribution >= 4 is 5.78 Å². The van der Waals surface area contributed by atoms with Crippen molar-refractivity contribution in [3.8, 4) is 5.75 Å². The zero-order valence-corrected chi connectivity index (χ0v) is 10.8. The number of phenols is 1. The van der Waals surface area contributed by atoms with E-state index in [1.807, 2.05) is 6.92 Å². The predicted octanol–water partition coefficient (Wildman–Crippen LogP) is 1.18. The van der Waals surface area contributed by atoms with Crippen LogP contribution in [-0.2, 0) is 0 Å². The monoisotopic (exact) mass is 248 g/mol. The van der Waals surface area contributed by atoms with E-state index in [0.29, 0.717) is 6.42 Å². The van der Waals surface area contributed by atoms with Gasteiger partial charge < -0.3 is 15.3 Å². The van der Waals surface area contributed by atoms with Crippen LogP contribution in [0.4, 0.5) is 0 Å². The number of hydrogen-bond donors (Lipinski definition) is 2. The molecule has 1 saturated heterocycles. The molecule has 2 N–H and O–H groups in total. The molecule has 0 unspecified atom stereocenters. The molecule has 4 nitrogen and oxygen atoms in total. The molecule has 0 saturated carbocycles. The number of phenolic OH excluding ortho intramolecular Hbond substituents is 1. The molecule has 4 heteroatoms. The van der Waals surface area contributed by atoms with Crippen LogP contribution in [0.25, 0.3) is 0 Å². The Balaban J connectivity index is 1.90. The number of nitrogens with zero attached hydrogens (tertiary/aromatic N) is 1. The predicted molar refractivity (Wildman–Crippen MR) is 71.1 cm³/mol. The third-order valence-corrected chi connectivity index (χ3v) is 3.38. The van der Waals surface area contributed by atoms with Crippen molar-refractivity contribution in [2.45, 2.75) is 13.3 Å². The van der Waals surface area contributed by atoms with E-state index in [-0.39, 0.29) is 11.5 Å². The molecule has 0 radical (unpaired) electrons. The number of aromatic hydroxyl groups is 1. The Hall–Kier alpha value is -1.39. The van der Waals surface area contributed by atoms with Crippen LogP contribution in [0.5, 0.6) is 5.75 Å². The molecular weight excluding hydrogens is 228 g/mol. The zero-order valence-electron chi connectivity index (χ0n) is 10.8. The first-order chi connectivity index (χ1) is 8.66. The third-order valence-electron chi connectivity index (χ3n) is 3.38. The van der Waals surface area contributed by atoms with Gasteiger partial charge in [-0.1, -0.05) is 0 Å². The fraction of sp³-hybridized carbons (Fsp3) is 0.500. The van der Waals surface area contributed by atoms with E-state index in [9.17, 15) is 9.90 Å². The van der Waals surface area contributed by atoms with E-state index in [2.05, 4.69) is 10.2 Å². The minimum atomic E-state index is 0.158. The molecule has 0 aromatic heterocycles. The summed E-state index contributed by atoms with van der Waals surface area (Å²) in [4.78, 5) is 14.4. The van der Waals surface area contributed by atoms with Gasteiger partial charge >= 0.3 is 0 Å². The van der Waals surface area contributed by atoms with Crippen molar-refractivity contribution in [1.29, 1.82) is 0 Å². The van der Waals surface area contributed by atoms with Gasteiger partial charge in [-0.3, -0.25) is 4.79 Å². The largest absolute Gasteiger partial charge is 0.508 e. The Bertz CT molecular complexity index is 426. The smallest absolute Gasteiger partial charge is 0.164 e. The number of aryl methyl sites for hydroxylation is 1. The van der Waals surface area contributed by atoms with E-state index in [1.165, 1.54) is 0 Å². The standard InChI is InChI=1S/C14H20N2O2/c1-11-10-12(17)2-3-13(11)14(18)4-7-16-8-5-15-6-9-16/h2-3,10,15,17H,4-9H2,1H3.